The normalized spacial score (nSPS) is 20.0. The maximum absolute atomic E-state index is 13.2. The zero-order valence-electron chi connectivity index (χ0n) is 24.2. The lowest BCUT2D eigenvalue weighted by Gasteiger charge is -2.37. The Labute approximate surface area is 245 Å². The van der Waals surface area contributed by atoms with Gasteiger partial charge in [0, 0.05) is 56.4 Å². The minimum Gasteiger partial charge on any atom is -0.369 e. The number of anilines is 1. The molecular formula is C37H41N3O. The topological polar surface area (TPSA) is 26.8 Å². The van der Waals surface area contributed by atoms with Crippen LogP contribution in [0.15, 0.2) is 109 Å². The molecule has 6 rings (SSSR count). The maximum Gasteiger partial charge on any atom is 0.254 e. The van der Waals surface area contributed by atoms with Gasteiger partial charge in [0.1, 0.15) is 0 Å². The Kier molecular flexibility index (Phi) is 8.48. The van der Waals surface area contributed by atoms with E-state index in [0.717, 1.165) is 62.3 Å². The first-order valence-electron chi connectivity index (χ1n) is 15.2. The van der Waals surface area contributed by atoms with Gasteiger partial charge in [-0.3, -0.25) is 9.69 Å². The van der Waals surface area contributed by atoms with E-state index in [9.17, 15) is 4.79 Å². The minimum absolute atomic E-state index is 0.144. The summed E-state index contributed by atoms with van der Waals surface area (Å²) >= 11 is 0. The molecule has 4 heteroatoms. The molecule has 210 valence electrons. The lowest BCUT2D eigenvalue weighted by molar-refractivity contribution is 0.0796. The highest BCUT2D eigenvalue weighted by Crippen LogP contribution is 2.33. The fourth-order valence-electron chi connectivity index (χ4n) is 6.43. The van der Waals surface area contributed by atoms with Crippen LogP contribution in [0.2, 0.25) is 0 Å². The number of amides is 1. The van der Waals surface area contributed by atoms with E-state index < -0.39 is 0 Å². The molecule has 3 aromatic carbocycles. The van der Waals surface area contributed by atoms with Crippen LogP contribution in [-0.4, -0.2) is 55.0 Å². The van der Waals surface area contributed by atoms with Gasteiger partial charge in [0.25, 0.3) is 5.91 Å². The Morgan fingerprint density at radius 1 is 0.927 bits per heavy atom. The predicted molar refractivity (Wildman–Crippen MR) is 170 cm³/mol. The van der Waals surface area contributed by atoms with E-state index in [4.69, 9.17) is 0 Å². The first-order valence-corrected chi connectivity index (χ1v) is 15.2. The first-order chi connectivity index (χ1) is 20.1. The summed E-state index contributed by atoms with van der Waals surface area (Å²) in [5.74, 6) is 1.20. The Balaban J connectivity index is 1.04. The van der Waals surface area contributed by atoms with Crippen LogP contribution in [0.3, 0.4) is 0 Å². The molecule has 0 radical (unpaired) electrons. The van der Waals surface area contributed by atoms with Gasteiger partial charge in [-0.2, -0.15) is 0 Å². The molecule has 1 amide bonds. The second-order valence-electron chi connectivity index (χ2n) is 11.7. The molecule has 1 fully saturated rings. The Morgan fingerprint density at radius 2 is 1.68 bits per heavy atom. The molecule has 0 bridgehead atoms. The molecule has 2 heterocycles. The summed E-state index contributed by atoms with van der Waals surface area (Å²) in [6.45, 7) is 8.82. The lowest BCUT2D eigenvalue weighted by atomic mass is 9.83. The van der Waals surface area contributed by atoms with Crippen LogP contribution < -0.4 is 4.90 Å². The highest BCUT2D eigenvalue weighted by molar-refractivity contribution is 5.99. The van der Waals surface area contributed by atoms with Crippen LogP contribution in [0.4, 0.5) is 5.69 Å². The lowest BCUT2D eigenvalue weighted by Crippen LogP contribution is -2.46. The SMILES string of the molecule is CC1C=C(C(CCN2CCN(c3ccc4c(c3)C(=O)N(C/C=C/c3ccccc3)C4)CC2)c2ccccc2)C=CC1. The first kappa shape index (κ1) is 27.3. The summed E-state index contributed by atoms with van der Waals surface area (Å²) in [7, 11) is 0. The highest BCUT2D eigenvalue weighted by atomic mass is 16.2. The van der Waals surface area contributed by atoms with Crippen molar-refractivity contribution >= 4 is 17.7 Å². The molecule has 0 saturated carbocycles. The number of allylic oxidation sites excluding steroid dienone is 4. The number of carbonyl (C=O) groups is 1. The van der Waals surface area contributed by atoms with Crippen LogP contribution in [-0.2, 0) is 6.54 Å². The Hall–Kier alpha value is -3.89. The molecule has 0 aromatic heterocycles. The third kappa shape index (κ3) is 6.55. The van der Waals surface area contributed by atoms with E-state index in [1.165, 1.54) is 16.8 Å². The summed E-state index contributed by atoms with van der Waals surface area (Å²) in [4.78, 5) is 20.2. The van der Waals surface area contributed by atoms with Gasteiger partial charge in [-0.1, -0.05) is 104 Å². The van der Waals surface area contributed by atoms with Crippen molar-refractivity contribution in [3.63, 3.8) is 0 Å². The summed E-state index contributed by atoms with van der Waals surface area (Å²) in [5.41, 5.74) is 7.23. The highest BCUT2D eigenvalue weighted by Gasteiger charge is 2.28. The average Bonchev–Trinajstić information content (AvgIpc) is 3.33. The zero-order chi connectivity index (χ0) is 28.0. The minimum atomic E-state index is 0.144. The van der Waals surface area contributed by atoms with Crippen LogP contribution in [0.5, 0.6) is 0 Å². The van der Waals surface area contributed by atoms with Gasteiger partial charge in [-0.05, 0) is 59.7 Å². The number of fused-ring (bicyclic) bond motifs is 1. The zero-order valence-corrected chi connectivity index (χ0v) is 24.2. The van der Waals surface area contributed by atoms with E-state index in [-0.39, 0.29) is 5.91 Å². The van der Waals surface area contributed by atoms with Gasteiger partial charge in [0.15, 0.2) is 0 Å². The molecule has 1 aliphatic carbocycles. The van der Waals surface area contributed by atoms with E-state index in [1.54, 1.807) is 0 Å². The van der Waals surface area contributed by atoms with Gasteiger partial charge < -0.3 is 9.80 Å². The standard InChI is InChI=1S/C37H41N3O/c1-29-10-8-16-32(26-29)35(31-14-6-3-7-15-31)19-21-38-22-24-39(25-23-38)34-18-17-33-28-40(37(41)36(33)27-34)20-9-13-30-11-4-2-5-12-30/h2-9,11-18,26-27,29,35H,10,19-25,28H2,1H3/b13-9+. The van der Waals surface area contributed by atoms with Crippen molar-refractivity contribution in [2.24, 2.45) is 5.92 Å². The smallest absolute Gasteiger partial charge is 0.254 e. The molecule has 2 atom stereocenters. The molecule has 0 N–H and O–H groups in total. The largest absolute Gasteiger partial charge is 0.369 e. The van der Waals surface area contributed by atoms with Gasteiger partial charge in [0.2, 0.25) is 0 Å². The van der Waals surface area contributed by atoms with E-state index in [1.807, 2.05) is 23.1 Å². The number of piperazine rings is 1. The van der Waals surface area contributed by atoms with Crippen LogP contribution in [0.1, 0.15) is 52.7 Å². The van der Waals surface area contributed by atoms with Crippen molar-refractivity contribution in [3.8, 4) is 0 Å². The molecular weight excluding hydrogens is 502 g/mol. The van der Waals surface area contributed by atoms with Gasteiger partial charge in [-0.25, -0.2) is 0 Å². The van der Waals surface area contributed by atoms with Crippen molar-refractivity contribution in [1.29, 1.82) is 0 Å². The fourth-order valence-corrected chi connectivity index (χ4v) is 6.43. The molecule has 0 spiro atoms. The third-order valence-electron chi connectivity index (χ3n) is 8.78. The molecule has 41 heavy (non-hydrogen) atoms. The average molecular weight is 544 g/mol. The summed E-state index contributed by atoms with van der Waals surface area (Å²) < 4.78 is 0. The monoisotopic (exact) mass is 543 g/mol. The van der Waals surface area contributed by atoms with E-state index in [2.05, 4.69) is 108 Å². The number of carbonyl (C=O) groups excluding carboxylic acids is 1. The fraction of sp³-hybridized carbons (Fsp3) is 0.324. The molecule has 2 aliphatic heterocycles. The molecule has 2 unspecified atom stereocenters. The van der Waals surface area contributed by atoms with Crippen molar-refractivity contribution in [2.75, 3.05) is 44.2 Å². The van der Waals surface area contributed by atoms with Crippen molar-refractivity contribution in [1.82, 2.24) is 9.80 Å². The van der Waals surface area contributed by atoms with Crippen molar-refractivity contribution in [3.05, 3.63) is 131 Å². The molecule has 3 aromatic rings. The Morgan fingerprint density at radius 3 is 2.44 bits per heavy atom. The quantitative estimate of drug-likeness (QED) is 0.286. The predicted octanol–water partition coefficient (Wildman–Crippen LogP) is 7.17. The molecule has 3 aliphatic rings. The van der Waals surface area contributed by atoms with Gasteiger partial charge in [-0.15, -0.1) is 0 Å². The summed E-state index contributed by atoms with van der Waals surface area (Å²) in [6, 6.07) is 27.8. The summed E-state index contributed by atoms with van der Waals surface area (Å²) in [6.07, 6.45) is 13.6. The Bertz CT molecular complexity index is 1420. The number of benzene rings is 3. The maximum atomic E-state index is 13.2. The summed E-state index contributed by atoms with van der Waals surface area (Å²) in [5, 5.41) is 0. The van der Waals surface area contributed by atoms with E-state index in [0.29, 0.717) is 24.9 Å². The third-order valence-corrected chi connectivity index (χ3v) is 8.78. The van der Waals surface area contributed by atoms with Crippen molar-refractivity contribution < 1.29 is 4.79 Å². The molecule has 4 nitrogen and oxygen atoms in total. The second kappa shape index (κ2) is 12.7. The van der Waals surface area contributed by atoms with Crippen molar-refractivity contribution in [2.45, 2.75) is 32.2 Å². The second-order valence-corrected chi connectivity index (χ2v) is 11.7. The number of hydrogen-bond acceptors (Lipinski definition) is 3. The van der Waals surface area contributed by atoms with Crippen LogP contribution in [0, 0.1) is 5.92 Å². The van der Waals surface area contributed by atoms with Gasteiger partial charge in [0.05, 0.1) is 0 Å². The van der Waals surface area contributed by atoms with Gasteiger partial charge >= 0.3 is 0 Å². The number of nitrogens with zero attached hydrogens (tertiary/aromatic N) is 3. The molecule has 1 saturated heterocycles. The van der Waals surface area contributed by atoms with Crippen LogP contribution in [0.25, 0.3) is 6.08 Å². The van der Waals surface area contributed by atoms with E-state index >= 15 is 0 Å². The number of hydrogen-bond donors (Lipinski definition) is 0. The van der Waals surface area contributed by atoms with Crippen LogP contribution >= 0.6 is 0 Å². The number of rotatable bonds is 9.